The predicted molar refractivity (Wildman–Crippen MR) is 186 cm³/mol. The highest BCUT2D eigenvalue weighted by Gasteiger charge is 2.27. The highest BCUT2D eigenvalue weighted by atomic mass is 16.6. The maximum absolute atomic E-state index is 13.3. The van der Waals surface area contributed by atoms with Crippen LogP contribution in [0.3, 0.4) is 0 Å². The fourth-order valence-corrected chi connectivity index (χ4v) is 4.49. The van der Waals surface area contributed by atoms with E-state index in [1.165, 1.54) is 19.1 Å². The van der Waals surface area contributed by atoms with Crippen molar-refractivity contribution in [2.75, 3.05) is 6.54 Å². The first-order valence-electron chi connectivity index (χ1n) is 16.1. The molecule has 0 spiro atoms. The second-order valence-electron chi connectivity index (χ2n) is 12.5. The lowest BCUT2D eigenvalue weighted by atomic mass is 10.0. The summed E-state index contributed by atoms with van der Waals surface area (Å²) < 4.78 is 10.4. The molecule has 0 saturated carbocycles. The first kappa shape index (κ1) is 39.3. The Morgan fingerprint density at radius 3 is 1.78 bits per heavy atom. The molecule has 0 fully saturated rings. The number of phenolic OH excluding ortho intramolecular Hbond substituents is 1. The molecule has 51 heavy (non-hydrogen) atoms. The van der Waals surface area contributed by atoms with Gasteiger partial charge < -0.3 is 35.8 Å². The van der Waals surface area contributed by atoms with Crippen molar-refractivity contribution in [1.29, 1.82) is 0 Å². The van der Waals surface area contributed by atoms with Crippen LogP contribution in [0, 0.1) is 0 Å². The molecule has 0 heterocycles. The van der Waals surface area contributed by atoms with Crippen LogP contribution in [0.15, 0.2) is 84.9 Å². The highest BCUT2D eigenvalue weighted by molar-refractivity contribution is 5.94. The Kier molecular flexibility index (Phi) is 14.8. The maximum Gasteiger partial charge on any atom is 0.426 e. The van der Waals surface area contributed by atoms with E-state index in [0.717, 1.165) is 11.1 Å². The number of ether oxygens (including phenoxy) is 2. The van der Waals surface area contributed by atoms with Gasteiger partial charge in [-0.3, -0.25) is 24.6 Å². The molecule has 0 aliphatic heterocycles. The molecule has 3 atom stereocenters. The van der Waals surface area contributed by atoms with Gasteiger partial charge in [0.1, 0.15) is 36.1 Å². The van der Waals surface area contributed by atoms with Gasteiger partial charge in [0, 0.05) is 12.8 Å². The minimum absolute atomic E-state index is 0.0109. The van der Waals surface area contributed by atoms with Crippen LogP contribution in [0.5, 0.6) is 5.75 Å². The molecule has 0 bridgehead atoms. The lowest BCUT2D eigenvalue weighted by Gasteiger charge is -2.22. The molecule has 7 N–H and O–H groups in total. The number of carbonyl (C=O) groups excluding carboxylic acids is 6. The molecule has 15 heteroatoms. The Balaban J connectivity index is 1.57. The van der Waals surface area contributed by atoms with Gasteiger partial charge in [0.25, 0.3) is 5.91 Å². The van der Waals surface area contributed by atoms with Gasteiger partial charge >= 0.3 is 12.2 Å². The number of phenols is 1. The van der Waals surface area contributed by atoms with Crippen molar-refractivity contribution < 1.29 is 43.3 Å². The zero-order chi connectivity index (χ0) is 37.4. The Hall–Kier alpha value is -6.12. The highest BCUT2D eigenvalue weighted by Crippen LogP contribution is 2.12. The van der Waals surface area contributed by atoms with E-state index in [2.05, 4.69) is 32.1 Å². The molecule has 15 nitrogen and oxygen atoms in total. The van der Waals surface area contributed by atoms with Crippen LogP contribution in [-0.2, 0) is 48.1 Å². The number of nitrogens with one attached hydrogen (secondary N) is 6. The minimum Gasteiger partial charge on any atom is -0.508 e. The van der Waals surface area contributed by atoms with Gasteiger partial charge in [0.05, 0.1) is 6.54 Å². The summed E-state index contributed by atoms with van der Waals surface area (Å²) in [6.07, 6.45) is -1.68. The van der Waals surface area contributed by atoms with Gasteiger partial charge in [0.15, 0.2) is 0 Å². The average molecular weight is 705 g/mol. The van der Waals surface area contributed by atoms with Crippen molar-refractivity contribution >= 4 is 35.8 Å². The number of benzene rings is 3. The Morgan fingerprint density at radius 1 is 0.647 bits per heavy atom. The van der Waals surface area contributed by atoms with Gasteiger partial charge in [-0.05, 0) is 56.5 Å². The fraction of sp³-hybridized carbons (Fsp3) is 0.333. The summed E-state index contributed by atoms with van der Waals surface area (Å²) in [4.78, 5) is 76.6. The predicted octanol–water partition coefficient (Wildman–Crippen LogP) is 2.13. The van der Waals surface area contributed by atoms with Crippen LogP contribution in [0.1, 0.15) is 44.4 Å². The number of hydrazine groups is 1. The molecule has 0 aromatic heterocycles. The Bertz CT molecular complexity index is 1630. The SMILES string of the molecule is C[C@@H](NC(=O)[C@H](Cc1ccc(O)cc1)NC(=O)OCc1ccccc1)C(=O)NCC(=O)N[C@@H](Cc1ccccc1)C(=O)NNC(=O)OC(C)(C)C. The Labute approximate surface area is 295 Å². The lowest BCUT2D eigenvalue weighted by molar-refractivity contribution is -0.131. The number of hydrogen-bond donors (Lipinski definition) is 7. The van der Waals surface area contributed by atoms with Gasteiger partial charge in [-0.25, -0.2) is 15.0 Å². The van der Waals surface area contributed by atoms with E-state index in [9.17, 15) is 33.9 Å². The third kappa shape index (κ3) is 14.9. The van der Waals surface area contributed by atoms with Gasteiger partial charge in [0.2, 0.25) is 17.7 Å². The quantitative estimate of drug-likeness (QED) is 0.122. The average Bonchev–Trinajstić information content (AvgIpc) is 3.09. The molecule has 272 valence electrons. The summed E-state index contributed by atoms with van der Waals surface area (Å²) in [7, 11) is 0. The first-order valence-corrected chi connectivity index (χ1v) is 16.1. The van der Waals surface area contributed by atoms with Gasteiger partial charge in [-0.15, -0.1) is 0 Å². The second kappa shape index (κ2) is 19.2. The van der Waals surface area contributed by atoms with E-state index >= 15 is 0 Å². The van der Waals surface area contributed by atoms with Gasteiger partial charge in [-0.1, -0.05) is 72.8 Å². The molecule has 6 amide bonds. The third-order valence-electron chi connectivity index (χ3n) is 6.99. The molecule has 0 unspecified atom stereocenters. The number of carbonyl (C=O) groups is 6. The van der Waals surface area contributed by atoms with Crippen LogP contribution < -0.4 is 32.1 Å². The van der Waals surface area contributed by atoms with Gasteiger partial charge in [-0.2, -0.15) is 0 Å². The van der Waals surface area contributed by atoms with E-state index in [0.29, 0.717) is 5.56 Å². The van der Waals surface area contributed by atoms with E-state index in [1.54, 1.807) is 87.5 Å². The monoisotopic (exact) mass is 704 g/mol. The molecule has 3 rings (SSSR count). The van der Waals surface area contributed by atoms with Crippen LogP contribution in [0.25, 0.3) is 0 Å². The topological polar surface area (TPSA) is 213 Å². The molecule has 3 aromatic carbocycles. The summed E-state index contributed by atoms with van der Waals surface area (Å²) >= 11 is 0. The molecule has 3 aromatic rings. The van der Waals surface area contributed by atoms with Crippen molar-refractivity contribution in [3.05, 3.63) is 102 Å². The number of aromatic hydroxyl groups is 1. The van der Waals surface area contributed by atoms with Crippen LogP contribution in [-0.4, -0.2) is 71.2 Å². The maximum atomic E-state index is 13.3. The smallest absolute Gasteiger partial charge is 0.426 e. The van der Waals surface area contributed by atoms with Crippen molar-refractivity contribution in [3.8, 4) is 5.75 Å². The molecular formula is C36H44N6O9. The number of amides is 6. The van der Waals surface area contributed by atoms with E-state index < -0.39 is 66.1 Å². The van der Waals surface area contributed by atoms with Crippen molar-refractivity contribution in [3.63, 3.8) is 0 Å². The van der Waals surface area contributed by atoms with Crippen molar-refractivity contribution in [2.24, 2.45) is 0 Å². The third-order valence-corrected chi connectivity index (χ3v) is 6.99. The van der Waals surface area contributed by atoms with E-state index in [1.807, 2.05) is 6.07 Å². The molecule has 0 aliphatic rings. The second-order valence-corrected chi connectivity index (χ2v) is 12.5. The van der Waals surface area contributed by atoms with Crippen LogP contribution in [0.4, 0.5) is 9.59 Å². The molecule has 0 saturated heterocycles. The summed E-state index contributed by atoms with van der Waals surface area (Å²) in [5.74, 6) is -2.86. The summed E-state index contributed by atoms with van der Waals surface area (Å²) in [5, 5.41) is 19.6. The summed E-state index contributed by atoms with van der Waals surface area (Å²) in [6, 6.07) is 20.4. The van der Waals surface area contributed by atoms with Crippen molar-refractivity contribution in [1.82, 2.24) is 32.1 Å². The normalized spacial score (nSPS) is 12.5. The molecule has 0 aliphatic carbocycles. The minimum atomic E-state index is -1.16. The fourth-order valence-electron chi connectivity index (χ4n) is 4.49. The van der Waals surface area contributed by atoms with Crippen LogP contribution in [0.2, 0.25) is 0 Å². The molecular weight excluding hydrogens is 660 g/mol. The Morgan fingerprint density at radius 2 is 1.20 bits per heavy atom. The summed E-state index contributed by atoms with van der Waals surface area (Å²) in [6.45, 7) is 5.79. The van der Waals surface area contributed by atoms with Crippen molar-refractivity contribution in [2.45, 2.75) is 70.9 Å². The largest absolute Gasteiger partial charge is 0.508 e. The number of rotatable bonds is 14. The zero-order valence-corrected chi connectivity index (χ0v) is 28.9. The zero-order valence-electron chi connectivity index (χ0n) is 28.9. The van der Waals surface area contributed by atoms with E-state index in [4.69, 9.17) is 9.47 Å². The molecule has 0 radical (unpaired) electrons. The van der Waals surface area contributed by atoms with E-state index in [-0.39, 0.29) is 25.2 Å². The number of hydrogen-bond acceptors (Lipinski definition) is 9. The standard InChI is InChI=1S/C36H44N6O9/c1-23(38-32(46)28(20-25-15-17-27(43)18-16-25)40-34(48)50-22-26-13-9-6-10-14-26)31(45)37-21-30(44)39-29(19-24-11-7-5-8-12-24)33(47)41-42-35(49)51-36(2,3)4/h5-18,23,28-29,43H,19-22H2,1-4H3,(H,37,45)(H,38,46)(H,39,44)(H,40,48)(H,41,47)(H,42,49)/t23-,28+,29+/m1/s1. The van der Waals surface area contributed by atoms with Crippen LogP contribution >= 0.6 is 0 Å². The lowest BCUT2D eigenvalue weighted by Crippen LogP contribution is -2.56. The first-order chi connectivity index (χ1) is 24.2. The summed E-state index contributed by atoms with van der Waals surface area (Å²) in [5.41, 5.74) is 5.64. The number of alkyl carbamates (subject to hydrolysis) is 1.